The second-order valence-corrected chi connectivity index (χ2v) is 9.19. The molecule has 6 heteroatoms. The first-order chi connectivity index (χ1) is 13.2. The molecule has 0 spiro atoms. The number of carbonyl (C=O) groups is 2. The zero-order valence-electron chi connectivity index (χ0n) is 20.6. The quantitative estimate of drug-likeness (QED) is 0.148. The van der Waals surface area contributed by atoms with Crippen LogP contribution in [0.15, 0.2) is 0 Å². The smallest absolute Gasteiger partial charge is 0.303 e. The zero-order valence-corrected chi connectivity index (χ0v) is 26.6. The summed E-state index contributed by atoms with van der Waals surface area (Å²) < 4.78 is 0. The molecule has 30 heavy (non-hydrogen) atoms. The van der Waals surface area contributed by atoms with E-state index in [2.05, 4.69) is 27.7 Å². The van der Waals surface area contributed by atoms with Gasteiger partial charge in [0.1, 0.15) is 0 Å². The molecule has 0 radical (unpaired) electrons. The summed E-state index contributed by atoms with van der Waals surface area (Å²) in [6, 6.07) is 0. The fourth-order valence-corrected chi connectivity index (χ4v) is 3.05. The summed E-state index contributed by atoms with van der Waals surface area (Å²) in [5, 5.41) is 16.8. The fourth-order valence-electron chi connectivity index (χ4n) is 3.05. The minimum Gasteiger partial charge on any atom is -0.481 e. The van der Waals surface area contributed by atoms with E-state index in [0.29, 0.717) is 18.3 Å². The molecule has 2 N–H and O–H groups in total. The van der Waals surface area contributed by atoms with Gasteiger partial charge in [0.2, 0.25) is 0 Å². The molecule has 0 saturated carbocycles. The molecule has 0 aromatic rings. The molecule has 172 valence electrons. The van der Waals surface area contributed by atoms with Crippen LogP contribution >= 0.6 is 0 Å². The van der Waals surface area contributed by atoms with Crippen molar-refractivity contribution >= 4 is 11.9 Å². The van der Waals surface area contributed by atoms with E-state index >= 15 is 0 Å². The van der Waals surface area contributed by atoms with E-state index in [0.717, 1.165) is 32.1 Å². The van der Waals surface area contributed by atoms with E-state index < -0.39 is 11.9 Å². The van der Waals surface area contributed by atoms with Crippen LogP contribution in [0.3, 0.4) is 0 Å². The molecule has 0 aliphatic rings. The van der Waals surface area contributed by atoms with Crippen molar-refractivity contribution in [3.8, 4) is 0 Å². The zero-order chi connectivity index (χ0) is 21.7. The number of hydrogen-bond acceptors (Lipinski definition) is 2. The normalized spacial score (nSPS) is 10.3. The van der Waals surface area contributed by atoms with Crippen molar-refractivity contribution in [1.29, 1.82) is 0 Å². The van der Waals surface area contributed by atoms with Gasteiger partial charge in [-0.1, -0.05) is 105 Å². The number of unbranched alkanes of at least 4 members (excludes halogenated alkanes) is 12. The maximum Gasteiger partial charge on any atom is 0.303 e. The molecule has 0 fully saturated rings. The molecule has 0 unspecified atom stereocenters. The van der Waals surface area contributed by atoms with Crippen molar-refractivity contribution in [1.82, 2.24) is 0 Å². The number of rotatable bonds is 17. The second kappa shape index (κ2) is 27.2. The summed E-state index contributed by atoms with van der Waals surface area (Å²) in [6.45, 7) is 8.88. The van der Waals surface area contributed by atoms with E-state index in [9.17, 15) is 9.59 Å². The fraction of sp³-hybridized carbons (Fsp3) is 0.917. The van der Waals surface area contributed by atoms with Gasteiger partial charge in [-0.25, -0.2) is 0 Å². The van der Waals surface area contributed by atoms with E-state index in [-0.39, 0.29) is 39.0 Å². The summed E-state index contributed by atoms with van der Waals surface area (Å²) >= 11 is 0. The topological polar surface area (TPSA) is 74.6 Å². The average molecular weight is 531 g/mol. The first-order valence-electron chi connectivity index (χ1n) is 11.6. The maximum absolute atomic E-state index is 10.3. The van der Waals surface area contributed by atoms with Crippen molar-refractivity contribution in [2.75, 3.05) is 0 Å². The largest absolute Gasteiger partial charge is 0.481 e. The SMILES string of the molecule is CC(C)(C)CCCCCC(=O)O.CCCCCCCCCCCCCC(=O)O.[Zn].[Zn]. The Bertz CT molecular complexity index is 369. The van der Waals surface area contributed by atoms with E-state index in [4.69, 9.17) is 10.2 Å². The summed E-state index contributed by atoms with van der Waals surface area (Å²) in [7, 11) is 0. The number of hydrogen-bond donors (Lipinski definition) is 2. The predicted octanol–water partition coefficient (Wildman–Crippen LogP) is 7.83. The number of carboxylic acid groups (broad SMARTS) is 2. The first-order valence-corrected chi connectivity index (χ1v) is 11.6. The summed E-state index contributed by atoms with van der Waals surface area (Å²) in [4.78, 5) is 20.4. The third kappa shape index (κ3) is 42.3. The van der Waals surface area contributed by atoms with Crippen LogP contribution in [0.1, 0.15) is 137 Å². The van der Waals surface area contributed by atoms with Crippen LogP contribution in [0.4, 0.5) is 0 Å². The second-order valence-electron chi connectivity index (χ2n) is 9.19. The monoisotopic (exact) mass is 528 g/mol. The van der Waals surface area contributed by atoms with Gasteiger partial charge in [-0.2, -0.15) is 0 Å². The molecule has 4 nitrogen and oxygen atoms in total. The van der Waals surface area contributed by atoms with E-state index in [1.165, 1.54) is 64.2 Å². The maximum atomic E-state index is 10.3. The average Bonchev–Trinajstić information content (AvgIpc) is 2.58. The molecule has 0 aromatic heterocycles. The van der Waals surface area contributed by atoms with E-state index in [1.807, 2.05) is 0 Å². The van der Waals surface area contributed by atoms with Crippen molar-refractivity contribution in [3.05, 3.63) is 0 Å². The molecule has 0 saturated heterocycles. The van der Waals surface area contributed by atoms with Gasteiger partial charge in [-0.3, -0.25) is 9.59 Å². The summed E-state index contributed by atoms with van der Waals surface area (Å²) in [6.07, 6.45) is 18.9. The molecular formula is C24H48O4Zn2. The van der Waals surface area contributed by atoms with Crippen LogP contribution in [-0.2, 0) is 48.5 Å². The minimum atomic E-state index is -0.675. The number of aliphatic carboxylic acids is 2. The van der Waals surface area contributed by atoms with Crippen LogP contribution in [0.25, 0.3) is 0 Å². The number of carboxylic acids is 2. The Hall–Kier alpha value is 0.187. The van der Waals surface area contributed by atoms with Crippen LogP contribution in [-0.4, -0.2) is 22.2 Å². The Kier molecular flexibility index (Phi) is 34.0. The Balaban J connectivity index is -0.000000219. The predicted molar refractivity (Wildman–Crippen MR) is 119 cm³/mol. The summed E-state index contributed by atoms with van der Waals surface area (Å²) in [5.41, 5.74) is 0.392. The van der Waals surface area contributed by atoms with Gasteiger partial charge in [0.15, 0.2) is 0 Å². The van der Waals surface area contributed by atoms with Crippen LogP contribution in [0, 0.1) is 5.41 Å². The van der Waals surface area contributed by atoms with Crippen LogP contribution in [0.2, 0.25) is 0 Å². The minimum absolute atomic E-state index is 0. The molecule has 0 rings (SSSR count). The molecule has 0 atom stereocenters. The van der Waals surface area contributed by atoms with Gasteiger partial charge >= 0.3 is 11.9 Å². The molecule has 0 aliphatic carbocycles. The van der Waals surface area contributed by atoms with Crippen LogP contribution in [0.5, 0.6) is 0 Å². The Labute approximate surface area is 212 Å². The molecular weight excluding hydrogens is 483 g/mol. The molecule has 0 amide bonds. The Morgan fingerprint density at radius 1 is 0.567 bits per heavy atom. The van der Waals surface area contributed by atoms with Crippen molar-refractivity contribution < 1.29 is 58.8 Å². The van der Waals surface area contributed by atoms with Gasteiger partial charge in [0.05, 0.1) is 0 Å². The van der Waals surface area contributed by atoms with Gasteiger partial charge in [-0.05, 0) is 24.7 Å². The standard InChI is InChI=1S/C14H28O2.C10H20O2.2Zn/c1-2-3-4-5-6-7-8-9-10-11-12-13-14(15)16;1-10(2,3)8-6-4-5-7-9(11)12;;/h2-13H2,1H3,(H,15,16);4-8H2,1-3H3,(H,11,12);;. The third-order valence-electron chi connectivity index (χ3n) is 4.81. The molecule has 0 aromatic carbocycles. The Morgan fingerprint density at radius 3 is 1.17 bits per heavy atom. The van der Waals surface area contributed by atoms with Crippen molar-refractivity contribution in [2.24, 2.45) is 5.41 Å². The Morgan fingerprint density at radius 2 is 0.867 bits per heavy atom. The first kappa shape index (κ1) is 37.5. The molecule has 0 aliphatic heterocycles. The van der Waals surface area contributed by atoms with Gasteiger partial charge in [-0.15, -0.1) is 0 Å². The van der Waals surface area contributed by atoms with Crippen LogP contribution < -0.4 is 0 Å². The van der Waals surface area contributed by atoms with E-state index in [1.54, 1.807) is 0 Å². The van der Waals surface area contributed by atoms with Crippen molar-refractivity contribution in [2.45, 2.75) is 137 Å². The molecule has 0 bridgehead atoms. The van der Waals surface area contributed by atoms with Gasteiger partial charge in [0.25, 0.3) is 0 Å². The third-order valence-corrected chi connectivity index (χ3v) is 4.81. The van der Waals surface area contributed by atoms with Gasteiger partial charge in [0, 0.05) is 51.8 Å². The van der Waals surface area contributed by atoms with Gasteiger partial charge < -0.3 is 10.2 Å². The molecule has 0 heterocycles. The summed E-state index contributed by atoms with van der Waals surface area (Å²) in [5.74, 6) is -1.33. The van der Waals surface area contributed by atoms with Crippen molar-refractivity contribution in [3.63, 3.8) is 0 Å².